The number of nitro groups is 2. The van der Waals surface area contributed by atoms with Gasteiger partial charge in [0.1, 0.15) is 24.4 Å². The number of benzene rings is 4. The monoisotopic (exact) mass is 804 g/mol. The highest BCUT2D eigenvalue weighted by atomic mass is 32.2. The smallest absolute Gasteiger partial charge is 0.324 e. The van der Waals surface area contributed by atoms with E-state index < -0.39 is 77.1 Å². The minimum atomic E-state index is -4.72. The van der Waals surface area contributed by atoms with E-state index >= 15 is 0 Å². The van der Waals surface area contributed by atoms with Crippen molar-refractivity contribution in [3.8, 4) is 0 Å². The Morgan fingerprint density at radius 1 is 0.625 bits per heavy atom. The maximum absolute atomic E-state index is 14.9. The first-order valence-corrected chi connectivity index (χ1v) is 20.0. The van der Waals surface area contributed by atoms with Crippen LogP contribution in [0.2, 0.25) is 0 Å². The van der Waals surface area contributed by atoms with E-state index in [1.807, 2.05) is 0 Å². The molecule has 0 unspecified atom stereocenters. The van der Waals surface area contributed by atoms with Crippen molar-refractivity contribution in [1.29, 1.82) is 0 Å². The summed E-state index contributed by atoms with van der Waals surface area (Å²) in [6, 6.07) is 19.2. The first-order valence-electron chi connectivity index (χ1n) is 17.1. The summed E-state index contributed by atoms with van der Waals surface area (Å²) < 4.78 is 72.0. The Labute approximate surface area is 319 Å². The van der Waals surface area contributed by atoms with Crippen LogP contribution in [0, 0.1) is 20.2 Å². The molecule has 0 amide bonds. The SMILES string of the molecule is COC(=O)[C@@H]1C[C@@]2([C@@]34C[C@@H](C(=O)OC)N(S(=O)(=O)c5ccc([N+](=O)[O-])cc5)[C@@H]3Nc3ccccc34)c3ccccc3N[C@H]2N1S(=O)(=O)c1ccc([N+](=O)[O-])cc1. The normalized spacial score (nSPS) is 26.5. The minimum absolute atomic E-state index is 0.271. The van der Waals surface area contributed by atoms with Crippen molar-refractivity contribution in [2.75, 3.05) is 24.9 Å². The Morgan fingerprint density at radius 2 is 0.964 bits per heavy atom. The molecular weight excluding hydrogens is 773 g/mol. The number of para-hydroxylation sites is 2. The summed E-state index contributed by atoms with van der Waals surface area (Å²) in [5, 5.41) is 29.6. The highest BCUT2D eigenvalue weighted by Crippen LogP contribution is 2.69. The number of sulfonamides is 2. The van der Waals surface area contributed by atoms with Crippen LogP contribution in [0.1, 0.15) is 24.0 Å². The zero-order valence-corrected chi connectivity index (χ0v) is 31.1. The molecule has 8 rings (SSSR count). The molecule has 56 heavy (non-hydrogen) atoms. The first kappa shape index (κ1) is 37.0. The average Bonchev–Trinajstić information content (AvgIpc) is 3.91. The molecule has 4 aliphatic rings. The van der Waals surface area contributed by atoms with E-state index in [2.05, 4.69) is 10.6 Å². The molecular formula is C36H32N6O12S2. The largest absolute Gasteiger partial charge is 0.468 e. The Hall–Kier alpha value is -5.96. The van der Waals surface area contributed by atoms with Gasteiger partial charge in [-0.15, -0.1) is 0 Å². The van der Waals surface area contributed by atoms with Gasteiger partial charge in [0, 0.05) is 46.5 Å². The van der Waals surface area contributed by atoms with Gasteiger partial charge in [-0.1, -0.05) is 36.4 Å². The number of carbonyl (C=O) groups is 2. The molecule has 0 saturated carbocycles. The third-order valence-corrected chi connectivity index (χ3v) is 15.3. The lowest BCUT2D eigenvalue weighted by Crippen LogP contribution is -2.61. The van der Waals surface area contributed by atoms with Crippen molar-refractivity contribution in [3.05, 3.63) is 128 Å². The molecule has 0 spiro atoms. The summed E-state index contributed by atoms with van der Waals surface area (Å²) in [5.74, 6) is -1.85. The van der Waals surface area contributed by atoms with Gasteiger partial charge in [-0.05, 0) is 60.4 Å². The summed E-state index contributed by atoms with van der Waals surface area (Å²) in [6.07, 6.45) is -3.21. The second-order valence-corrected chi connectivity index (χ2v) is 17.5. The molecule has 2 N–H and O–H groups in total. The van der Waals surface area contributed by atoms with E-state index in [9.17, 15) is 46.7 Å². The fourth-order valence-corrected chi connectivity index (χ4v) is 12.8. The predicted molar refractivity (Wildman–Crippen MR) is 196 cm³/mol. The van der Waals surface area contributed by atoms with Gasteiger partial charge in [-0.3, -0.25) is 29.8 Å². The second-order valence-electron chi connectivity index (χ2n) is 13.8. The standard InChI is InChI=1S/C36H32N6O12S2/c1-53-31(43)29-19-35(25-7-3-5-9-27(25)37-33(35)39(29)55(49,50)23-15-11-21(12-16-23)41(45)46)36-20-30(32(44)54-2)40(34(36)38-28-10-6-4-8-26(28)36)56(51,52)24-17-13-22(14-18-24)42(47)48/h3-18,29-30,33-34,37-38H,19-20H2,1-2H3/t29-,30-,33-,34-,35+,36+/m0/s1. The number of nitro benzene ring substituents is 2. The number of carbonyl (C=O) groups excluding carboxylic acids is 2. The molecule has 6 atom stereocenters. The number of methoxy groups -OCH3 is 2. The average molecular weight is 805 g/mol. The van der Waals surface area contributed by atoms with E-state index in [4.69, 9.17) is 9.47 Å². The van der Waals surface area contributed by atoms with Gasteiger partial charge >= 0.3 is 11.9 Å². The Morgan fingerprint density at radius 3 is 1.29 bits per heavy atom. The quantitative estimate of drug-likeness (QED) is 0.140. The molecule has 18 nitrogen and oxygen atoms in total. The van der Waals surface area contributed by atoms with Gasteiger partial charge in [0.05, 0.1) is 33.9 Å². The van der Waals surface area contributed by atoms with E-state index in [0.29, 0.717) is 22.5 Å². The van der Waals surface area contributed by atoms with Crippen molar-refractivity contribution in [2.24, 2.45) is 0 Å². The minimum Gasteiger partial charge on any atom is -0.468 e. The van der Waals surface area contributed by atoms with Gasteiger partial charge in [-0.2, -0.15) is 8.61 Å². The maximum Gasteiger partial charge on any atom is 0.324 e. The van der Waals surface area contributed by atoms with Crippen molar-refractivity contribution in [3.63, 3.8) is 0 Å². The Bertz CT molecular complexity index is 2380. The molecule has 4 aromatic carbocycles. The van der Waals surface area contributed by atoms with Gasteiger partial charge in [-0.25, -0.2) is 16.8 Å². The van der Waals surface area contributed by atoms with Gasteiger partial charge in [0.2, 0.25) is 20.0 Å². The molecule has 0 aliphatic carbocycles. The number of anilines is 2. The second kappa shape index (κ2) is 12.8. The fraction of sp³-hybridized carbons (Fsp3) is 0.278. The van der Waals surface area contributed by atoms with Gasteiger partial charge < -0.3 is 20.1 Å². The lowest BCUT2D eigenvalue weighted by molar-refractivity contribution is -0.385. The van der Waals surface area contributed by atoms with Crippen molar-refractivity contribution in [2.45, 2.75) is 57.9 Å². The molecule has 4 heterocycles. The molecule has 20 heteroatoms. The highest BCUT2D eigenvalue weighted by Gasteiger charge is 2.78. The van der Waals surface area contributed by atoms with Crippen LogP contribution in [0.4, 0.5) is 22.7 Å². The molecule has 0 bridgehead atoms. The zero-order chi connectivity index (χ0) is 39.9. The van der Waals surface area contributed by atoms with Crippen LogP contribution in [0.15, 0.2) is 107 Å². The van der Waals surface area contributed by atoms with Crippen LogP contribution in [0.5, 0.6) is 0 Å². The van der Waals surface area contributed by atoms with Crippen LogP contribution < -0.4 is 10.6 Å². The van der Waals surface area contributed by atoms with Gasteiger partial charge in [0.25, 0.3) is 11.4 Å². The number of ether oxygens (including phenoxy) is 2. The van der Waals surface area contributed by atoms with E-state index in [-0.39, 0.29) is 34.0 Å². The maximum atomic E-state index is 14.9. The van der Waals surface area contributed by atoms with Crippen molar-refractivity contribution in [1.82, 2.24) is 8.61 Å². The van der Waals surface area contributed by atoms with E-state index in [1.54, 1.807) is 48.5 Å². The Kier molecular flexibility index (Phi) is 8.45. The summed E-state index contributed by atoms with van der Waals surface area (Å²) in [5.41, 5.74) is -1.80. The molecule has 0 radical (unpaired) electrons. The zero-order valence-electron chi connectivity index (χ0n) is 29.5. The van der Waals surface area contributed by atoms with Crippen LogP contribution in [0.25, 0.3) is 0 Å². The highest BCUT2D eigenvalue weighted by molar-refractivity contribution is 7.89. The number of fused-ring (bicyclic) bond motifs is 7. The molecule has 4 aliphatic heterocycles. The number of nitrogens with one attached hydrogen (secondary N) is 2. The van der Waals surface area contributed by atoms with Crippen LogP contribution in [-0.4, -0.2) is 85.9 Å². The number of esters is 2. The lowest BCUT2D eigenvalue weighted by atomic mass is 9.54. The third kappa shape index (κ3) is 4.92. The molecule has 0 aromatic heterocycles. The predicted octanol–water partition coefficient (Wildman–Crippen LogP) is 3.45. The molecule has 2 fully saturated rings. The number of hydrogen-bond acceptors (Lipinski definition) is 14. The van der Waals surface area contributed by atoms with E-state index in [1.165, 1.54) is 0 Å². The third-order valence-electron chi connectivity index (χ3n) is 11.5. The van der Waals surface area contributed by atoms with Crippen LogP contribution in [0.3, 0.4) is 0 Å². The fourth-order valence-electron chi connectivity index (χ4n) is 9.30. The summed E-state index contributed by atoms with van der Waals surface area (Å²) in [7, 11) is -7.22. The molecule has 2 saturated heterocycles. The lowest BCUT2D eigenvalue weighted by Gasteiger charge is -2.48. The molecule has 4 aromatic rings. The summed E-state index contributed by atoms with van der Waals surface area (Å²) in [6.45, 7) is 0. The van der Waals surface area contributed by atoms with Crippen LogP contribution in [-0.2, 0) is 49.9 Å². The van der Waals surface area contributed by atoms with Gasteiger partial charge in [0.15, 0.2) is 0 Å². The van der Waals surface area contributed by atoms with Crippen molar-refractivity contribution >= 4 is 54.7 Å². The first-order chi connectivity index (χ1) is 26.6. The summed E-state index contributed by atoms with van der Waals surface area (Å²) in [4.78, 5) is 48.6. The molecule has 290 valence electrons. The van der Waals surface area contributed by atoms with Crippen molar-refractivity contribution < 1.29 is 45.7 Å². The van der Waals surface area contributed by atoms with E-state index in [0.717, 1.165) is 71.4 Å². The number of nitrogens with zero attached hydrogens (tertiary/aromatic N) is 4. The van der Waals surface area contributed by atoms with Crippen LogP contribution >= 0.6 is 0 Å². The number of rotatable bonds is 9. The summed E-state index contributed by atoms with van der Waals surface area (Å²) >= 11 is 0. The number of hydrogen-bond donors (Lipinski definition) is 2. The Balaban J connectivity index is 1.41. The number of non-ortho nitro benzene ring substituents is 2. The topological polar surface area (TPSA) is 238 Å².